The zero-order valence-electron chi connectivity index (χ0n) is 10.1. The average molecular weight is 228 g/mol. The van der Waals surface area contributed by atoms with Gasteiger partial charge in [0.15, 0.2) is 0 Å². The fourth-order valence-electron chi connectivity index (χ4n) is 1.84. The van der Waals surface area contributed by atoms with Gasteiger partial charge in [-0.1, -0.05) is 12.8 Å². The van der Waals surface area contributed by atoms with Crippen LogP contribution in [-0.2, 0) is 4.74 Å². The van der Waals surface area contributed by atoms with Crippen molar-refractivity contribution in [2.75, 3.05) is 18.1 Å². The predicted octanol–water partition coefficient (Wildman–Crippen LogP) is 4.24. The van der Waals surface area contributed by atoms with Gasteiger partial charge in [0.1, 0.15) is 0 Å². The van der Waals surface area contributed by atoms with Gasteiger partial charge in [0.05, 0.1) is 12.9 Å². The Morgan fingerprint density at radius 3 is 3.00 bits per heavy atom. The fourth-order valence-corrected chi connectivity index (χ4v) is 3.08. The van der Waals surface area contributed by atoms with Crippen LogP contribution < -0.4 is 0 Å². The number of hydrogen-bond donors (Lipinski definition) is 0. The molecule has 0 aliphatic carbocycles. The molecular formula is C13H24OS. The smallest absolute Gasteiger partial charge is 0.0876 e. The molecule has 0 spiro atoms. The molecule has 0 saturated carbocycles. The molecule has 0 amide bonds. The Hall–Kier alpha value is -0.110. The summed E-state index contributed by atoms with van der Waals surface area (Å²) in [4.78, 5) is 0. The van der Waals surface area contributed by atoms with E-state index in [2.05, 4.69) is 25.6 Å². The lowest BCUT2D eigenvalue weighted by Gasteiger charge is -2.18. The lowest BCUT2D eigenvalue weighted by atomic mass is 10.00. The highest BCUT2D eigenvalue weighted by Crippen LogP contribution is 2.23. The Bertz CT molecular complexity index is 177. The van der Waals surface area contributed by atoms with Crippen LogP contribution in [0.2, 0.25) is 0 Å². The summed E-state index contributed by atoms with van der Waals surface area (Å²) in [6.45, 7) is 5.05. The fraction of sp³-hybridized carbons (Fsp3) is 0.846. The summed E-state index contributed by atoms with van der Waals surface area (Å²) in [5.41, 5.74) is 1.25. The van der Waals surface area contributed by atoms with Crippen LogP contribution in [0.4, 0.5) is 0 Å². The lowest BCUT2D eigenvalue weighted by Crippen LogP contribution is -2.09. The molecular weight excluding hydrogens is 204 g/mol. The first-order valence-corrected chi connectivity index (χ1v) is 7.27. The highest BCUT2D eigenvalue weighted by molar-refractivity contribution is 7.99. The molecule has 0 aromatic heterocycles. The van der Waals surface area contributed by atoms with Gasteiger partial charge < -0.3 is 4.74 Å². The molecule has 2 heteroatoms. The van der Waals surface area contributed by atoms with E-state index >= 15 is 0 Å². The van der Waals surface area contributed by atoms with E-state index in [1.54, 1.807) is 0 Å². The van der Waals surface area contributed by atoms with Crippen molar-refractivity contribution in [3.63, 3.8) is 0 Å². The molecule has 1 saturated heterocycles. The predicted molar refractivity (Wildman–Crippen MR) is 69.3 cm³/mol. The molecule has 1 nitrogen and oxygen atoms in total. The summed E-state index contributed by atoms with van der Waals surface area (Å²) in [5.74, 6) is 3.60. The molecule has 1 fully saturated rings. The van der Waals surface area contributed by atoms with Gasteiger partial charge in [-0.25, -0.2) is 0 Å². The first-order valence-electron chi connectivity index (χ1n) is 6.12. The van der Waals surface area contributed by atoms with Gasteiger partial charge >= 0.3 is 0 Å². The maximum atomic E-state index is 5.50. The third-order valence-electron chi connectivity index (χ3n) is 2.72. The lowest BCUT2D eigenvalue weighted by molar-refractivity contribution is 0.220. The Labute approximate surface area is 98.7 Å². The largest absolute Gasteiger partial charge is 0.501 e. The van der Waals surface area contributed by atoms with Crippen LogP contribution in [-0.4, -0.2) is 18.1 Å². The van der Waals surface area contributed by atoms with Gasteiger partial charge in [-0.05, 0) is 56.1 Å². The molecule has 1 aliphatic rings. The van der Waals surface area contributed by atoms with Crippen molar-refractivity contribution < 1.29 is 4.74 Å². The molecule has 0 radical (unpaired) electrons. The van der Waals surface area contributed by atoms with E-state index in [9.17, 15) is 0 Å². The number of thioether (sulfide) groups is 1. The summed E-state index contributed by atoms with van der Waals surface area (Å²) in [6.07, 6.45) is 8.80. The minimum atomic E-state index is 0.890. The maximum absolute atomic E-state index is 5.50. The zero-order valence-corrected chi connectivity index (χ0v) is 10.9. The van der Waals surface area contributed by atoms with Crippen molar-refractivity contribution in [3.05, 3.63) is 11.8 Å². The van der Waals surface area contributed by atoms with Crippen LogP contribution in [0.1, 0.15) is 46.0 Å². The molecule has 1 heterocycles. The second kappa shape index (κ2) is 8.09. The van der Waals surface area contributed by atoms with Crippen LogP contribution in [0.15, 0.2) is 11.8 Å². The van der Waals surface area contributed by atoms with Gasteiger partial charge in [-0.3, -0.25) is 0 Å². The monoisotopic (exact) mass is 228 g/mol. The first kappa shape index (κ1) is 13.0. The number of rotatable bonds is 4. The van der Waals surface area contributed by atoms with Gasteiger partial charge in [-0.15, -0.1) is 0 Å². The van der Waals surface area contributed by atoms with E-state index < -0.39 is 0 Å². The maximum Gasteiger partial charge on any atom is 0.0876 e. The van der Waals surface area contributed by atoms with Crippen molar-refractivity contribution >= 4 is 11.8 Å². The minimum Gasteiger partial charge on any atom is -0.501 e. The molecule has 88 valence electrons. The molecule has 1 unspecified atom stereocenters. The molecule has 15 heavy (non-hydrogen) atoms. The van der Waals surface area contributed by atoms with Crippen molar-refractivity contribution in [2.24, 2.45) is 5.92 Å². The van der Waals surface area contributed by atoms with Crippen molar-refractivity contribution in [2.45, 2.75) is 46.0 Å². The van der Waals surface area contributed by atoms with Gasteiger partial charge in [-0.2, -0.15) is 11.8 Å². The van der Waals surface area contributed by atoms with E-state index in [1.165, 1.54) is 49.2 Å². The third kappa shape index (κ3) is 6.88. The number of ether oxygens (including phenoxy) is 1. The van der Waals surface area contributed by atoms with Crippen molar-refractivity contribution in [3.8, 4) is 0 Å². The highest BCUT2D eigenvalue weighted by Gasteiger charge is 2.11. The molecule has 1 aliphatic heterocycles. The van der Waals surface area contributed by atoms with E-state index in [0.29, 0.717) is 0 Å². The topological polar surface area (TPSA) is 9.23 Å². The molecule has 0 N–H and O–H groups in total. The molecule has 0 bridgehead atoms. The van der Waals surface area contributed by atoms with E-state index in [4.69, 9.17) is 4.74 Å². The third-order valence-corrected chi connectivity index (χ3v) is 4.00. The van der Waals surface area contributed by atoms with Crippen LogP contribution in [0, 0.1) is 5.92 Å². The van der Waals surface area contributed by atoms with Crippen LogP contribution in [0.5, 0.6) is 0 Å². The SMILES string of the molecule is CC(C)=COCCC1CCCCCSC1. The standard InChI is InChI=1S/C13H24OS/c1-12(2)10-14-8-7-13-6-4-3-5-9-15-11-13/h10,13H,3-9,11H2,1-2H3. The Kier molecular flexibility index (Phi) is 6.99. The molecule has 0 aromatic rings. The Morgan fingerprint density at radius 2 is 2.20 bits per heavy atom. The quantitative estimate of drug-likeness (QED) is 0.526. The zero-order chi connectivity index (χ0) is 10.9. The normalized spacial score (nSPS) is 22.7. The van der Waals surface area contributed by atoms with E-state index in [-0.39, 0.29) is 0 Å². The summed E-state index contributed by atoms with van der Waals surface area (Å²) in [7, 11) is 0. The molecule has 1 rings (SSSR count). The summed E-state index contributed by atoms with van der Waals surface area (Å²) >= 11 is 2.13. The second-order valence-electron chi connectivity index (χ2n) is 4.64. The summed E-state index contributed by atoms with van der Waals surface area (Å²) in [6, 6.07) is 0. The van der Waals surface area contributed by atoms with Crippen molar-refractivity contribution in [1.29, 1.82) is 0 Å². The van der Waals surface area contributed by atoms with E-state index in [1.807, 2.05) is 6.26 Å². The van der Waals surface area contributed by atoms with Crippen LogP contribution in [0.3, 0.4) is 0 Å². The van der Waals surface area contributed by atoms with Crippen LogP contribution >= 0.6 is 11.8 Å². The number of hydrogen-bond acceptors (Lipinski definition) is 2. The second-order valence-corrected chi connectivity index (χ2v) is 5.79. The average Bonchev–Trinajstić information content (AvgIpc) is 2.14. The summed E-state index contributed by atoms with van der Waals surface area (Å²) in [5, 5.41) is 0. The van der Waals surface area contributed by atoms with Gasteiger partial charge in [0.2, 0.25) is 0 Å². The van der Waals surface area contributed by atoms with Crippen molar-refractivity contribution in [1.82, 2.24) is 0 Å². The Morgan fingerprint density at radius 1 is 1.33 bits per heavy atom. The van der Waals surface area contributed by atoms with Crippen LogP contribution in [0.25, 0.3) is 0 Å². The van der Waals surface area contributed by atoms with Gasteiger partial charge in [0, 0.05) is 0 Å². The number of allylic oxidation sites excluding steroid dienone is 1. The molecule has 1 atom stereocenters. The minimum absolute atomic E-state index is 0.890. The highest BCUT2D eigenvalue weighted by atomic mass is 32.2. The summed E-state index contributed by atoms with van der Waals surface area (Å²) < 4.78 is 5.50. The van der Waals surface area contributed by atoms with E-state index in [0.717, 1.165) is 12.5 Å². The van der Waals surface area contributed by atoms with Gasteiger partial charge in [0.25, 0.3) is 0 Å². The molecule has 0 aromatic carbocycles. The first-order chi connectivity index (χ1) is 7.29. The Balaban J connectivity index is 2.10.